The molecule has 21 heavy (non-hydrogen) atoms. The molecular formula is C14H16O7. The van der Waals surface area contributed by atoms with E-state index in [0.717, 1.165) is 0 Å². The number of aliphatic hydroxyl groups excluding tert-OH is 3. The number of hydrogen-bond acceptors (Lipinski definition) is 7. The fraction of sp³-hybridized carbons (Fsp3) is 0.357. The summed E-state index contributed by atoms with van der Waals surface area (Å²) in [6.45, 7) is -0.284. The molecule has 0 aliphatic carbocycles. The van der Waals surface area contributed by atoms with Gasteiger partial charge in [-0.25, -0.2) is 4.79 Å². The summed E-state index contributed by atoms with van der Waals surface area (Å²) in [5, 5.41) is 37.1. The maximum Gasteiger partial charge on any atom is 0.330 e. The lowest BCUT2D eigenvalue weighted by Gasteiger charge is -2.13. The third kappa shape index (κ3) is 4.02. The van der Waals surface area contributed by atoms with E-state index in [1.807, 2.05) is 0 Å². The Labute approximate surface area is 120 Å². The van der Waals surface area contributed by atoms with Gasteiger partial charge >= 0.3 is 5.97 Å². The number of phenols is 1. The molecule has 7 heteroatoms. The van der Waals surface area contributed by atoms with Gasteiger partial charge in [-0.05, 0) is 23.8 Å². The average molecular weight is 296 g/mol. The van der Waals surface area contributed by atoms with Gasteiger partial charge in [0, 0.05) is 6.08 Å². The number of aromatic hydroxyl groups is 1. The summed E-state index contributed by atoms with van der Waals surface area (Å²) in [6, 6.07) is 6.21. The van der Waals surface area contributed by atoms with Gasteiger partial charge in [0.25, 0.3) is 0 Å². The third-order valence-corrected chi connectivity index (χ3v) is 3.03. The number of carbonyl (C=O) groups excluding carboxylic acids is 1. The highest BCUT2D eigenvalue weighted by atomic mass is 16.7. The van der Waals surface area contributed by atoms with Crippen LogP contribution in [0.15, 0.2) is 30.3 Å². The molecule has 2 rings (SSSR count). The summed E-state index contributed by atoms with van der Waals surface area (Å²) in [7, 11) is 0. The third-order valence-electron chi connectivity index (χ3n) is 3.03. The SMILES string of the molecule is O=C(C=Cc1ccc(O)cc1)OC[C@@H]1O[C@@H](O)[C@H](O)[C@H]1O. The van der Waals surface area contributed by atoms with Gasteiger partial charge < -0.3 is 29.9 Å². The van der Waals surface area contributed by atoms with Crippen LogP contribution in [0.2, 0.25) is 0 Å². The number of rotatable bonds is 4. The fourth-order valence-electron chi connectivity index (χ4n) is 1.83. The van der Waals surface area contributed by atoms with Crippen LogP contribution in [0.1, 0.15) is 5.56 Å². The first-order valence-corrected chi connectivity index (χ1v) is 6.31. The van der Waals surface area contributed by atoms with E-state index in [1.54, 1.807) is 12.1 Å². The Hall–Kier alpha value is -1.93. The van der Waals surface area contributed by atoms with Gasteiger partial charge in [-0.1, -0.05) is 12.1 Å². The van der Waals surface area contributed by atoms with Gasteiger partial charge in [0.05, 0.1) is 0 Å². The summed E-state index contributed by atoms with van der Waals surface area (Å²) in [4.78, 5) is 11.5. The van der Waals surface area contributed by atoms with Crippen LogP contribution in [0.4, 0.5) is 0 Å². The lowest BCUT2D eigenvalue weighted by atomic mass is 10.1. The first-order chi connectivity index (χ1) is 9.97. The van der Waals surface area contributed by atoms with Gasteiger partial charge in [-0.3, -0.25) is 0 Å². The summed E-state index contributed by atoms with van der Waals surface area (Å²) in [6.07, 6.45) is -2.51. The van der Waals surface area contributed by atoms with Gasteiger partial charge in [-0.2, -0.15) is 0 Å². The molecule has 0 spiro atoms. The van der Waals surface area contributed by atoms with E-state index in [9.17, 15) is 20.1 Å². The normalized spacial score (nSPS) is 28.9. The molecule has 7 nitrogen and oxygen atoms in total. The van der Waals surface area contributed by atoms with Crippen LogP contribution in [-0.4, -0.2) is 57.6 Å². The second-order valence-electron chi connectivity index (χ2n) is 4.60. The molecule has 1 aliphatic rings. The smallest absolute Gasteiger partial charge is 0.330 e. The molecule has 1 heterocycles. The molecule has 1 aliphatic heterocycles. The summed E-state index contributed by atoms with van der Waals surface area (Å²) in [5.41, 5.74) is 0.702. The number of aliphatic hydroxyl groups is 3. The number of hydrogen-bond donors (Lipinski definition) is 4. The molecule has 0 radical (unpaired) electrons. The number of benzene rings is 1. The molecule has 1 fully saturated rings. The Morgan fingerprint density at radius 2 is 1.86 bits per heavy atom. The van der Waals surface area contributed by atoms with E-state index in [4.69, 9.17) is 14.6 Å². The van der Waals surface area contributed by atoms with Crippen molar-refractivity contribution >= 4 is 12.0 Å². The zero-order valence-electron chi connectivity index (χ0n) is 11.0. The van der Waals surface area contributed by atoms with E-state index in [1.165, 1.54) is 24.3 Å². The van der Waals surface area contributed by atoms with Crippen LogP contribution >= 0.6 is 0 Å². The predicted octanol–water partition coefficient (Wildman–Crippen LogP) is -0.612. The van der Waals surface area contributed by atoms with Gasteiger partial charge in [0.1, 0.15) is 30.7 Å². The highest BCUT2D eigenvalue weighted by molar-refractivity contribution is 5.87. The topological polar surface area (TPSA) is 116 Å². The van der Waals surface area contributed by atoms with Crippen molar-refractivity contribution in [3.8, 4) is 5.75 Å². The zero-order chi connectivity index (χ0) is 15.4. The molecule has 0 unspecified atom stereocenters. The molecule has 0 saturated carbocycles. The standard InChI is InChI=1S/C14H16O7/c15-9-4-1-8(2-5-9)3-6-11(16)20-7-10-12(17)13(18)14(19)21-10/h1-6,10,12-15,17-19H,7H2/t10-,12-,13+,14+/m0/s1. The van der Waals surface area contributed by atoms with E-state index in [0.29, 0.717) is 5.56 Å². The van der Waals surface area contributed by atoms with Crippen molar-refractivity contribution in [2.45, 2.75) is 24.6 Å². The van der Waals surface area contributed by atoms with Gasteiger partial charge in [0.15, 0.2) is 6.29 Å². The summed E-state index contributed by atoms with van der Waals surface area (Å²) >= 11 is 0. The molecule has 0 aromatic heterocycles. The monoisotopic (exact) mass is 296 g/mol. The molecular weight excluding hydrogens is 280 g/mol. The Morgan fingerprint density at radius 3 is 2.43 bits per heavy atom. The van der Waals surface area contributed by atoms with Crippen LogP contribution in [0.3, 0.4) is 0 Å². The average Bonchev–Trinajstić information content (AvgIpc) is 2.72. The lowest BCUT2D eigenvalue weighted by Crippen LogP contribution is -2.34. The quantitative estimate of drug-likeness (QED) is 0.432. The second kappa shape index (κ2) is 6.68. The van der Waals surface area contributed by atoms with E-state index in [2.05, 4.69) is 0 Å². The van der Waals surface area contributed by atoms with Crippen molar-refractivity contribution < 1.29 is 34.7 Å². The van der Waals surface area contributed by atoms with Crippen molar-refractivity contribution in [1.29, 1.82) is 0 Å². The minimum atomic E-state index is -1.49. The van der Waals surface area contributed by atoms with Crippen molar-refractivity contribution in [3.63, 3.8) is 0 Å². The predicted molar refractivity (Wildman–Crippen MR) is 71.0 cm³/mol. The summed E-state index contributed by atoms with van der Waals surface area (Å²) in [5.74, 6) is -0.533. The van der Waals surface area contributed by atoms with Crippen LogP contribution in [0.25, 0.3) is 6.08 Å². The number of phenolic OH excluding ortho intramolecular Hbond substituents is 1. The van der Waals surface area contributed by atoms with Crippen LogP contribution in [-0.2, 0) is 14.3 Å². The highest BCUT2D eigenvalue weighted by Crippen LogP contribution is 2.19. The highest BCUT2D eigenvalue weighted by Gasteiger charge is 2.42. The van der Waals surface area contributed by atoms with Crippen molar-refractivity contribution in [3.05, 3.63) is 35.9 Å². The van der Waals surface area contributed by atoms with E-state index in [-0.39, 0.29) is 12.4 Å². The van der Waals surface area contributed by atoms with Crippen molar-refractivity contribution in [2.24, 2.45) is 0 Å². The molecule has 1 aromatic carbocycles. The maximum absolute atomic E-state index is 11.5. The van der Waals surface area contributed by atoms with Crippen molar-refractivity contribution in [1.82, 2.24) is 0 Å². The Balaban J connectivity index is 1.81. The van der Waals surface area contributed by atoms with Crippen LogP contribution in [0.5, 0.6) is 5.75 Å². The number of esters is 1. The van der Waals surface area contributed by atoms with Gasteiger partial charge in [-0.15, -0.1) is 0 Å². The second-order valence-corrected chi connectivity index (χ2v) is 4.60. The summed E-state index contributed by atoms with van der Waals surface area (Å²) < 4.78 is 9.69. The van der Waals surface area contributed by atoms with Crippen LogP contribution < -0.4 is 0 Å². The molecule has 1 saturated heterocycles. The number of carbonyl (C=O) groups is 1. The first kappa shape index (κ1) is 15.5. The Bertz CT molecular complexity index is 511. The minimum absolute atomic E-state index is 0.124. The molecule has 1 aromatic rings. The molecule has 4 N–H and O–H groups in total. The molecule has 0 bridgehead atoms. The van der Waals surface area contributed by atoms with Crippen molar-refractivity contribution in [2.75, 3.05) is 6.61 Å². The Kier molecular flexibility index (Phi) is 4.92. The molecule has 4 atom stereocenters. The maximum atomic E-state index is 11.5. The minimum Gasteiger partial charge on any atom is -0.508 e. The van der Waals surface area contributed by atoms with Gasteiger partial charge in [0.2, 0.25) is 0 Å². The molecule has 114 valence electrons. The largest absolute Gasteiger partial charge is 0.508 e. The van der Waals surface area contributed by atoms with E-state index < -0.39 is 30.6 Å². The molecule has 0 amide bonds. The van der Waals surface area contributed by atoms with Crippen LogP contribution in [0, 0.1) is 0 Å². The number of ether oxygens (including phenoxy) is 2. The zero-order valence-corrected chi connectivity index (χ0v) is 11.0. The first-order valence-electron chi connectivity index (χ1n) is 6.31. The lowest BCUT2D eigenvalue weighted by molar-refractivity contribution is -0.153. The fourth-order valence-corrected chi connectivity index (χ4v) is 1.83. The van der Waals surface area contributed by atoms with E-state index >= 15 is 0 Å². The Morgan fingerprint density at radius 1 is 1.19 bits per heavy atom.